The first kappa shape index (κ1) is 16.6. The number of nitrogens with zero attached hydrogens (tertiary/aromatic N) is 3. The minimum Gasteiger partial charge on any atom is -0.375 e. The lowest BCUT2D eigenvalue weighted by Gasteiger charge is -2.08. The molecule has 5 aromatic rings. The molecule has 2 aromatic heterocycles. The Bertz CT molecular complexity index is 1370. The van der Waals surface area contributed by atoms with Crippen LogP contribution in [0, 0.1) is 0 Å². The first-order valence-electron chi connectivity index (χ1n) is 8.87. The van der Waals surface area contributed by atoms with Crippen LogP contribution < -0.4 is 11.3 Å². The topological polar surface area (TPSA) is 73.8 Å². The molecule has 28 heavy (non-hydrogen) atoms. The minimum atomic E-state index is -0.0466. The van der Waals surface area contributed by atoms with Gasteiger partial charge in [-0.2, -0.15) is 0 Å². The van der Waals surface area contributed by atoms with E-state index in [1.807, 2.05) is 66.7 Å². The Morgan fingerprint density at radius 3 is 2.57 bits per heavy atom. The van der Waals surface area contributed by atoms with Gasteiger partial charge < -0.3 is 5.73 Å². The van der Waals surface area contributed by atoms with Crippen LogP contribution in [0.4, 0.5) is 5.13 Å². The lowest BCUT2D eigenvalue weighted by atomic mass is 10.0. The molecule has 2 heterocycles. The van der Waals surface area contributed by atoms with Crippen LogP contribution in [0.5, 0.6) is 0 Å². The number of nitrogen functional groups attached to an aromatic ring is 1. The molecule has 5 nitrogen and oxygen atoms in total. The van der Waals surface area contributed by atoms with Crippen molar-refractivity contribution in [2.24, 2.45) is 0 Å². The summed E-state index contributed by atoms with van der Waals surface area (Å²) in [6.45, 7) is 0.497. The number of thiazole rings is 1. The van der Waals surface area contributed by atoms with Gasteiger partial charge in [-0.05, 0) is 41.0 Å². The van der Waals surface area contributed by atoms with Crippen LogP contribution in [-0.2, 0) is 6.54 Å². The number of aromatic nitrogens is 3. The lowest BCUT2D eigenvalue weighted by Crippen LogP contribution is -2.21. The molecule has 2 N–H and O–H groups in total. The second-order valence-corrected chi connectivity index (χ2v) is 7.69. The monoisotopic (exact) mass is 384 g/mol. The number of rotatable bonds is 3. The van der Waals surface area contributed by atoms with Gasteiger partial charge in [0.15, 0.2) is 5.13 Å². The quantitative estimate of drug-likeness (QED) is 0.503. The van der Waals surface area contributed by atoms with Crippen molar-refractivity contribution >= 4 is 37.6 Å². The van der Waals surface area contributed by atoms with Crippen LogP contribution in [0.25, 0.3) is 32.2 Å². The van der Waals surface area contributed by atoms with Gasteiger partial charge in [-0.3, -0.25) is 9.36 Å². The molecule has 0 fully saturated rings. The van der Waals surface area contributed by atoms with E-state index in [1.54, 1.807) is 10.9 Å². The largest absolute Gasteiger partial charge is 0.375 e. The molecule has 0 radical (unpaired) electrons. The SMILES string of the molecule is Nc1nc2cc(-c3ccc4ncn(Cc5ccccc5)c(=O)c4c3)ccc2s1. The van der Waals surface area contributed by atoms with Gasteiger partial charge in [0.25, 0.3) is 5.56 Å². The summed E-state index contributed by atoms with van der Waals surface area (Å²) in [7, 11) is 0. The molecule has 0 aliphatic rings. The number of hydrogen-bond acceptors (Lipinski definition) is 5. The summed E-state index contributed by atoms with van der Waals surface area (Å²) < 4.78 is 2.69. The Labute approximate surface area is 164 Å². The number of nitrogens with two attached hydrogens (primary N) is 1. The van der Waals surface area contributed by atoms with E-state index in [2.05, 4.69) is 9.97 Å². The van der Waals surface area contributed by atoms with Crippen molar-refractivity contribution in [1.82, 2.24) is 14.5 Å². The standard InChI is InChI=1S/C22H16N4OS/c23-22-25-19-11-16(7-9-20(19)28-22)15-6-8-18-17(10-15)21(27)26(13-24-18)12-14-4-2-1-3-5-14/h1-11,13H,12H2,(H2,23,25). The van der Waals surface area contributed by atoms with Crippen molar-refractivity contribution in [3.05, 3.63) is 89.0 Å². The zero-order chi connectivity index (χ0) is 19.1. The van der Waals surface area contributed by atoms with Gasteiger partial charge in [0.05, 0.1) is 34.0 Å². The molecule has 0 atom stereocenters. The lowest BCUT2D eigenvalue weighted by molar-refractivity contribution is 0.748. The minimum absolute atomic E-state index is 0.0466. The fourth-order valence-electron chi connectivity index (χ4n) is 3.36. The Morgan fingerprint density at radius 2 is 1.71 bits per heavy atom. The Kier molecular flexibility index (Phi) is 3.91. The zero-order valence-electron chi connectivity index (χ0n) is 14.9. The van der Waals surface area contributed by atoms with E-state index < -0.39 is 0 Å². The zero-order valence-corrected chi connectivity index (χ0v) is 15.7. The van der Waals surface area contributed by atoms with E-state index in [0.29, 0.717) is 22.6 Å². The molecule has 0 spiro atoms. The summed E-state index contributed by atoms with van der Waals surface area (Å²) in [5.41, 5.74) is 10.3. The van der Waals surface area contributed by atoms with Crippen molar-refractivity contribution in [2.75, 3.05) is 5.73 Å². The molecular formula is C22H16N4OS. The van der Waals surface area contributed by atoms with E-state index in [4.69, 9.17) is 5.73 Å². The van der Waals surface area contributed by atoms with Crippen LogP contribution in [0.2, 0.25) is 0 Å². The Hall–Kier alpha value is -3.51. The number of anilines is 1. The molecule has 0 saturated carbocycles. The first-order chi connectivity index (χ1) is 13.7. The molecule has 0 aliphatic heterocycles. The van der Waals surface area contributed by atoms with E-state index in [1.165, 1.54) is 11.3 Å². The van der Waals surface area contributed by atoms with E-state index >= 15 is 0 Å². The van der Waals surface area contributed by atoms with Crippen molar-refractivity contribution in [3.63, 3.8) is 0 Å². The molecule has 3 aromatic carbocycles. The molecule has 0 aliphatic carbocycles. The number of benzene rings is 3. The first-order valence-corrected chi connectivity index (χ1v) is 9.68. The summed E-state index contributed by atoms with van der Waals surface area (Å²) in [4.78, 5) is 21.8. The molecular weight excluding hydrogens is 368 g/mol. The third-order valence-corrected chi connectivity index (χ3v) is 5.62. The van der Waals surface area contributed by atoms with Crippen LogP contribution in [0.15, 0.2) is 77.9 Å². The summed E-state index contributed by atoms with van der Waals surface area (Å²) in [5.74, 6) is 0. The summed E-state index contributed by atoms with van der Waals surface area (Å²) in [6, 6.07) is 21.7. The van der Waals surface area contributed by atoms with Crippen molar-refractivity contribution in [1.29, 1.82) is 0 Å². The summed E-state index contributed by atoms with van der Waals surface area (Å²) in [6.07, 6.45) is 1.61. The van der Waals surface area contributed by atoms with Gasteiger partial charge in [-0.15, -0.1) is 0 Å². The normalized spacial score (nSPS) is 11.3. The highest BCUT2D eigenvalue weighted by molar-refractivity contribution is 7.22. The van der Waals surface area contributed by atoms with Crippen molar-refractivity contribution in [2.45, 2.75) is 6.54 Å². The van der Waals surface area contributed by atoms with Crippen LogP contribution in [-0.4, -0.2) is 14.5 Å². The molecule has 5 rings (SSSR count). The van der Waals surface area contributed by atoms with E-state index in [9.17, 15) is 4.79 Å². The summed E-state index contributed by atoms with van der Waals surface area (Å²) in [5, 5.41) is 1.16. The fourth-order valence-corrected chi connectivity index (χ4v) is 4.07. The molecule has 0 bridgehead atoms. The fraction of sp³-hybridized carbons (Fsp3) is 0.0455. The van der Waals surface area contributed by atoms with Gasteiger partial charge >= 0.3 is 0 Å². The van der Waals surface area contributed by atoms with Gasteiger partial charge in [0, 0.05) is 0 Å². The van der Waals surface area contributed by atoms with Crippen molar-refractivity contribution in [3.8, 4) is 11.1 Å². The molecule has 0 saturated heterocycles. The van der Waals surface area contributed by atoms with Crippen LogP contribution in [0.3, 0.4) is 0 Å². The average Bonchev–Trinajstić information content (AvgIpc) is 3.10. The maximum absolute atomic E-state index is 13.0. The predicted octanol–water partition coefficient (Wildman–Crippen LogP) is 4.30. The predicted molar refractivity (Wildman–Crippen MR) is 115 cm³/mol. The highest BCUT2D eigenvalue weighted by atomic mass is 32.1. The number of fused-ring (bicyclic) bond motifs is 2. The van der Waals surface area contributed by atoms with Crippen molar-refractivity contribution < 1.29 is 0 Å². The maximum atomic E-state index is 13.0. The molecule has 0 unspecified atom stereocenters. The van der Waals surface area contributed by atoms with Gasteiger partial charge in [-0.1, -0.05) is 53.8 Å². The van der Waals surface area contributed by atoms with Gasteiger partial charge in [0.2, 0.25) is 0 Å². The third-order valence-electron chi connectivity index (χ3n) is 4.76. The van der Waals surface area contributed by atoms with Gasteiger partial charge in [-0.25, -0.2) is 9.97 Å². The highest BCUT2D eigenvalue weighted by Gasteiger charge is 2.09. The van der Waals surface area contributed by atoms with E-state index in [-0.39, 0.29) is 5.56 Å². The molecule has 136 valence electrons. The van der Waals surface area contributed by atoms with Crippen LogP contribution in [0.1, 0.15) is 5.56 Å². The highest BCUT2D eigenvalue weighted by Crippen LogP contribution is 2.29. The van der Waals surface area contributed by atoms with Crippen LogP contribution >= 0.6 is 11.3 Å². The average molecular weight is 384 g/mol. The molecule has 0 amide bonds. The molecule has 6 heteroatoms. The Morgan fingerprint density at radius 1 is 0.929 bits per heavy atom. The smallest absolute Gasteiger partial charge is 0.261 e. The van der Waals surface area contributed by atoms with E-state index in [0.717, 1.165) is 26.9 Å². The summed E-state index contributed by atoms with van der Waals surface area (Å²) >= 11 is 1.47. The third kappa shape index (κ3) is 2.93. The second kappa shape index (κ2) is 6.58. The van der Waals surface area contributed by atoms with Gasteiger partial charge in [0.1, 0.15) is 0 Å². The Balaban J connectivity index is 1.60. The number of hydrogen-bond donors (Lipinski definition) is 1. The maximum Gasteiger partial charge on any atom is 0.261 e. The second-order valence-electron chi connectivity index (χ2n) is 6.63.